The van der Waals surface area contributed by atoms with Crippen molar-refractivity contribution in [3.05, 3.63) is 71.8 Å². The van der Waals surface area contributed by atoms with E-state index in [9.17, 15) is 5.11 Å². The molecule has 1 aliphatic carbocycles. The molecule has 3 aliphatic rings. The van der Waals surface area contributed by atoms with Gasteiger partial charge < -0.3 is 19.3 Å². The van der Waals surface area contributed by atoms with Crippen molar-refractivity contribution in [2.75, 3.05) is 46.4 Å². The number of phenolic OH excluding ortho intramolecular Hbond substituents is 1. The van der Waals surface area contributed by atoms with E-state index in [0.29, 0.717) is 18.4 Å². The summed E-state index contributed by atoms with van der Waals surface area (Å²) in [5.74, 6) is 2.84. The summed E-state index contributed by atoms with van der Waals surface area (Å²) in [4.78, 5) is 6.34. The number of aromatic hydroxyl groups is 1. The van der Waals surface area contributed by atoms with Crippen molar-refractivity contribution in [2.45, 2.75) is 69.9 Å². The molecule has 2 unspecified atom stereocenters. The van der Waals surface area contributed by atoms with Crippen LogP contribution in [0.2, 0.25) is 0 Å². The quantitative estimate of drug-likeness (QED) is 0.181. The van der Waals surface area contributed by atoms with Gasteiger partial charge in [-0.05, 0) is 154 Å². The minimum atomic E-state index is 0.212. The highest BCUT2D eigenvalue weighted by molar-refractivity contribution is 7.22. The van der Waals surface area contributed by atoms with Gasteiger partial charge in [-0.2, -0.15) is 0 Å². The van der Waals surface area contributed by atoms with Gasteiger partial charge in [-0.15, -0.1) is 11.3 Å². The average molecular weight is 627 g/mol. The molecule has 4 aromatic rings. The number of phenols is 1. The van der Waals surface area contributed by atoms with E-state index in [2.05, 4.69) is 52.3 Å². The van der Waals surface area contributed by atoms with Gasteiger partial charge in [-0.1, -0.05) is 12.5 Å². The number of rotatable bonds is 11. The van der Waals surface area contributed by atoms with E-state index in [1.807, 2.05) is 12.1 Å². The van der Waals surface area contributed by atoms with E-state index in [-0.39, 0.29) is 6.10 Å². The van der Waals surface area contributed by atoms with Crippen molar-refractivity contribution >= 4 is 21.4 Å². The van der Waals surface area contributed by atoms with Crippen molar-refractivity contribution in [3.63, 3.8) is 0 Å². The standard InChI is InChI=1S/C38H46N2O4S/c1-42-36-25-27(10-17-35(36)44-34-9-3-2-8-33(34)40-20-6-7-21-40)24-32-31-16-13-29(41)26-37(31)45-38(32)28-11-14-30(15-12-28)43-23-22-39-18-4-5-19-39/h10-17,25-26,33-34,41H,2-9,18-24H2,1H3. The van der Waals surface area contributed by atoms with E-state index >= 15 is 0 Å². The maximum atomic E-state index is 10.3. The molecular weight excluding hydrogens is 580 g/mol. The molecule has 3 aromatic carbocycles. The van der Waals surface area contributed by atoms with Crippen LogP contribution in [0.3, 0.4) is 0 Å². The first-order valence-electron chi connectivity index (χ1n) is 16.9. The number of hydrogen-bond acceptors (Lipinski definition) is 7. The molecule has 7 rings (SSSR count). The van der Waals surface area contributed by atoms with Crippen LogP contribution in [0, 0.1) is 0 Å². The second kappa shape index (κ2) is 14.0. The fraction of sp³-hybridized carbons (Fsp3) is 0.474. The number of ether oxygens (including phenoxy) is 3. The van der Waals surface area contributed by atoms with Gasteiger partial charge >= 0.3 is 0 Å². The van der Waals surface area contributed by atoms with Crippen molar-refractivity contribution in [2.24, 2.45) is 0 Å². The Morgan fingerprint density at radius 3 is 2.40 bits per heavy atom. The molecule has 1 aromatic heterocycles. The van der Waals surface area contributed by atoms with E-state index in [4.69, 9.17) is 14.2 Å². The molecule has 45 heavy (non-hydrogen) atoms. The first-order valence-corrected chi connectivity index (χ1v) is 17.7. The molecule has 2 atom stereocenters. The molecule has 2 aliphatic heterocycles. The Bertz CT molecular complexity index is 1570. The highest BCUT2D eigenvalue weighted by Gasteiger charge is 2.33. The van der Waals surface area contributed by atoms with Gasteiger partial charge in [0.25, 0.3) is 0 Å². The molecule has 1 saturated carbocycles. The van der Waals surface area contributed by atoms with E-state index < -0.39 is 0 Å². The number of nitrogens with zero attached hydrogens (tertiary/aromatic N) is 2. The summed E-state index contributed by atoms with van der Waals surface area (Å²) in [5, 5.41) is 11.4. The third-order valence-electron chi connectivity index (χ3n) is 9.93. The number of methoxy groups -OCH3 is 1. The van der Waals surface area contributed by atoms with Gasteiger partial charge in [-0.3, -0.25) is 9.80 Å². The predicted octanol–water partition coefficient (Wildman–Crippen LogP) is 8.13. The lowest BCUT2D eigenvalue weighted by atomic mass is 9.91. The van der Waals surface area contributed by atoms with E-state index in [1.165, 1.54) is 92.5 Å². The number of hydrogen-bond donors (Lipinski definition) is 1. The van der Waals surface area contributed by atoms with Crippen molar-refractivity contribution in [3.8, 4) is 33.4 Å². The molecule has 7 heteroatoms. The summed E-state index contributed by atoms with van der Waals surface area (Å²) in [7, 11) is 1.74. The summed E-state index contributed by atoms with van der Waals surface area (Å²) in [6.07, 6.45) is 11.0. The fourth-order valence-corrected chi connectivity index (χ4v) is 8.80. The fourth-order valence-electron chi connectivity index (χ4n) is 7.54. The van der Waals surface area contributed by atoms with Gasteiger partial charge in [0.05, 0.1) is 7.11 Å². The molecule has 0 amide bonds. The first kappa shape index (κ1) is 30.4. The molecule has 2 saturated heterocycles. The Balaban J connectivity index is 1.11. The monoisotopic (exact) mass is 626 g/mol. The molecule has 0 spiro atoms. The Morgan fingerprint density at radius 1 is 0.822 bits per heavy atom. The molecule has 0 bridgehead atoms. The normalized spacial score (nSPS) is 21.0. The summed E-state index contributed by atoms with van der Waals surface area (Å²) in [6, 6.07) is 21.2. The zero-order chi connectivity index (χ0) is 30.6. The molecule has 1 N–H and O–H groups in total. The van der Waals surface area contributed by atoms with Crippen LogP contribution in [0.25, 0.3) is 20.5 Å². The van der Waals surface area contributed by atoms with Crippen LogP contribution < -0.4 is 14.2 Å². The lowest BCUT2D eigenvalue weighted by Crippen LogP contribution is -2.46. The van der Waals surface area contributed by atoms with Crippen molar-refractivity contribution < 1.29 is 19.3 Å². The molecule has 238 valence electrons. The largest absolute Gasteiger partial charge is 0.508 e. The molecule has 6 nitrogen and oxygen atoms in total. The number of likely N-dealkylation sites (tertiary alicyclic amines) is 2. The Kier molecular flexibility index (Phi) is 9.47. The van der Waals surface area contributed by atoms with Crippen LogP contribution in [0.4, 0.5) is 0 Å². The van der Waals surface area contributed by atoms with E-state index in [0.717, 1.165) is 46.9 Å². The van der Waals surface area contributed by atoms with Crippen LogP contribution in [0.1, 0.15) is 62.5 Å². The average Bonchev–Trinajstić information content (AvgIpc) is 3.85. The molecule has 3 heterocycles. The summed E-state index contributed by atoms with van der Waals surface area (Å²) >= 11 is 1.73. The highest BCUT2D eigenvalue weighted by Crippen LogP contribution is 2.42. The zero-order valence-electron chi connectivity index (χ0n) is 26.5. The van der Waals surface area contributed by atoms with Crippen LogP contribution in [-0.4, -0.2) is 73.5 Å². The van der Waals surface area contributed by atoms with Gasteiger partial charge in [0, 0.05) is 22.2 Å². The third-order valence-corrected chi connectivity index (χ3v) is 11.2. The van der Waals surface area contributed by atoms with Crippen LogP contribution in [0.15, 0.2) is 60.7 Å². The molecule has 0 radical (unpaired) electrons. The van der Waals surface area contributed by atoms with Gasteiger partial charge in [-0.25, -0.2) is 0 Å². The molecular formula is C38H46N2O4S. The van der Waals surface area contributed by atoms with Gasteiger partial charge in [0.15, 0.2) is 11.5 Å². The van der Waals surface area contributed by atoms with Gasteiger partial charge in [0.1, 0.15) is 24.2 Å². The smallest absolute Gasteiger partial charge is 0.161 e. The lowest BCUT2D eigenvalue weighted by Gasteiger charge is -2.38. The number of fused-ring (bicyclic) bond motifs is 1. The Hall–Kier alpha value is -3.26. The zero-order valence-corrected chi connectivity index (χ0v) is 27.3. The minimum Gasteiger partial charge on any atom is -0.508 e. The summed E-state index contributed by atoms with van der Waals surface area (Å²) < 4.78 is 19.8. The molecule has 3 fully saturated rings. The second-order valence-electron chi connectivity index (χ2n) is 12.9. The highest BCUT2D eigenvalue weighted by atomic mass is 32.1. The lowest BCUT2D eigenvalue weighted by molar-refractivity contribution is 0.0468. The maximum absolute atomic E-state index is 10.3. The number of thiophene rings is 1. The van der Waals surface area contributed by atoms with Crippen LogP contribution in [0.5, 0.6) is 23.0 Å². The Labute approximate surface area is 271 Å². The first-order chi connectivity index (χ1) is 22.1. The Morgan fingerprint density at radius 2 is 1.60 bits per heavy atom. The summed E-state index contributed by atoms with van der Waals surface area (Å²) in [5.41, 5.74) is 3.60. The van der Waals surface area contributed by atoms with Crippen LogP contribution in [-0.2, 0) is 6.42 Å². The number of benzene rings is 3. The van der Waals surface area contributed by atoms with Gasteiger partial charge in [0.2, 0.25) is 0 Å². The van der Waals surface area contributed by atoms with E-state index in [1.54, 1.807) is 24.5 Å². The maximum Gasteiger partial charge on any atom is 0.161 e. The predicted molar refractivity (Wildman–Crippen MR) is 183 cm³/mol. The topological polar surface area (TPSA) is 54.4 Å². The minimum absolute atomic E-state index is 0.212. The second-order valence-corrected chi connectivity index (χ2v) is 14.0. The SMILES string of the molecule is COc1cc(Cc2c(-c3ccc(OCCN4CCCC4)cc3)sc3cc(O)ccc23)ccc1OC1CCCCC1N1CCCC1. The van der Waals surface area contributed by atoms with Crippen molar-refractivity contribution in [1.29, 1.82) is 0 Å². The van der Waals surface area contributed by atoms with Crippen LogP contribution >= 0.6 is 11.3 Å². The summed E-state index contributed by atoms with van der Waals surface area (Å²) in [6.45, 7) is 6.47. The third kappa shape index (κ3) is 6.96. The van der Waals surface area contributed by atoms with Crippen molar-refractivity contribution in [1.82, 2.24) is 9.80 Å².